The molecule has 0 aromatic rings. The van der Waals surface area contributed by atoms with Crippen LogP contribution in [0.4, 0.5) is 0 Å². The molecule has 0 radical (unpaired) electrons. The average Bonchev–Trinajstić information content (AvgIpc) is 3.94. The Hall–Kier alpha value is 3.52. The first kappa shape index (κ1) is 56.5. The van der Waals surface area contributed by atoms with Gasteiger partial charge in [-0.3, -0.25) is 47.0 Å². The fourth-order valence-corrected chi connectivity index (χ4v) is 19.6. The van der Waals surface area contributed by atoms with E-state index in [2.05, 4.69) is 65.6 Å². The largest absolute Gasteiger partial charge is 2.00 e. The Morgan fingerprint density at radius 1 is 0.377 bits per heavy atom. The van der Waals surface area contributed by atoms with Crippen molar-refractivity contribution >= 4 is 119 Å². The Morgan fingerprint density at radius 3 is 0.698 bits per heavy atom. The van der Waals surface area contributed by atoms with Gasteiger partial charge in [0.2, 0.25) is 0 Å². The number of hydrogen-bond acceptors (Lipinski definition) is 10. The minimum absolute atomic E-state index is 0. The van der Waals surface area contributed by atoms with Gasteiger partial charge in [-0.1, -0.05) is 115 Å². The summed E-state index contributed by atoms with van der Waals surface area (Å²) in [4.78, 5) is 0. The van der Waals surface area contributed by atoms with E-state index in [1.807, 2.05) is 47.0 Å². The van der Waals surface area contributed by atoms with Crippen LogP contribution in [0.15, 0.2) is 16.9 Å². The molecule has 4 heterocycles. The van der Waals surface area contributed by atoms with E-state index in [1.54, 1.807) is 47.0 Å². The summed E-state index contributed by atoms with van der Waals surface area (Å²) in [7, 11) is 0. The van der Waals surface area contributed by atoms with Crippen molar-refractivity contribution in [3.05, 3.63) is 27.1 Å². The predicted molar refractivity (Wildman–Crippen MR) is 264 cm³/mol. The molecule has 0 aliphatic carbocycles. The van der Waals surface area contributed by atoms with Crippen molar-refractivity contribution in [2.45, 2.75) is 166 Å². The van der Waals surface area contributed by atoms with E-state index in [1.165, 1.54) is 181 Å². The van der Waals surface area contributed by atoms with Crippen LogP contribution >= 0.6 is 94.1 Å². The van der Waals surface area contributed by atoms with Crippen LogP contribution in [-0.4, -0.2) is 69.2 Å². The maximum absolute atomic E-state index is 5.10. The first-order chi connectivity index (χ1) is 25.2. The zero-order valence-electron chi connectivity index (χ0n) is 35.0. The fraction of sp³-hybridized carbons (Fsp3) is 0.850. The van der Waals surface area contributed by atoms with Gasteiger partial charge in [-0.05, 0) is 51.4 Å². The van der Waals surface area contributed by atoms with Crippen LogP contribution in [0.2, 0.25) is 0 Å². The molecule has 0 N–H and O–H groups in total. The molecule has 2 nitrogen and oxygen atoms in total. The van der Waals surface area contributed by atoms with Crippen LogP contribution in [0, 0.1) is 10.2 Å². The summed E-state index contributed by atoms with van der Waals surface area (Å²) in [5.74, 6) is 0. The maximum Gasteiger partial charge on any atom is 2.00 e. The van der Waals surface area contributed by atoms with E-state index in [9.17, 15) is 0 Å². The van der Waals surface area contributed by atoms with Gasteiger partial charge >= 0.3 is 19.5 Å². The topological polar surface area (TPSA) is 0 Å². The number of quaternary nitrogens is 2. The van der Waals surface area contributed by atoms with E-state index in [0.717, 1.165) is 0 Å². The molecule has 4 aliphatic rings. The second-order valence-corrected chi connectivity index (χ2v) is 26.5. The number of thioether (sulfide) groups is 8. The van der Waals surface area contributed by atoms with Gasteiger partial charge in [-0.2, -0.15) is 0 Å². The molecule has 0 aromatic carbocycles. The van der Waals surface area contributed by atoms with Gasteiger partial charge in [0.25, 0.3) is 0 Å². The van der Waals surface area contributed by atoms with Crippen LogP contribution in [0.3, 0.4) is 0 Å². The van der Waals surface area contributed by atoms with Crippen molar-refractivity contribution < 1.29 is 28.4 Å². The van der Waals surface area contributed by atoms with Crippen molar-refractivity contribution in [2.75, 3.05) is 52.4 Å². The third-order valence-corrected chi connectivity index (χ3v) is 21.0. The molecule has 13 heteroatoms. The first-order valence-electron chi connectivity index (χ1n) is 20.7. The van der Waals surface area contributed by atoms with Crippen LogP contribution in [0.1, 0.15) is 158 Å². The summed E-state index contributed by atoms with van der Waals surface area (Å²) in [6.07, 6.45) is 22.1. The Labute approximate surface area is 389 Å². The van der Waals surface area contributed by atoms with Crippen molar-refractivity contribution in [3.8, 4) is 0 Å². The Morgan fingerprint density at radius 2 is 0.547 bits per heavy atom. The standard InChI is InChI=1S/2C16H36N.2C4H3S5.Zn/c2*1-5-9-13-17(14-10-6-2,15-11-7-3)16-12-8-4;2*5-4-8-2-3(9-4)7-1-6-2;/h2*5-16H2,1-4H3;2*1,4-5H;/q2*+1;2*-1;+2/p-2. The first-order valence-corrected chi connectivity index (χ1v) is 28.7. The molecular weight excluding hydrogens is 895 g/mol. The van der Waals surface area contributed by atoms with Crippen LogP contribution in [0.25, 0.3) is 0 Å². The second-order valence-electron chi connectivity index (χ2n) is 14.2. The van der Waals surface area contributed by atoms with Gasteiger partial charge in [0.05, 0.1) is 52.4 Å². The molecule has 308 valence electrons. The minimum atomic E-state index is 0. The summed E-state index contributed by atoms with van der Waals surface area (Å²) in [6, 6.07) is 0. The van der Waals surface area contributed by atoms with E-state index in [4.69, 9.17) is 25.3 Å². The van der Waals surface area contributed by atoms with Gasteiger partial charge in [0, 0.05) is 16.9 Å². The predicted octanol–water partition coefficient (Wildman–Crippen LogP) is 16.1. The van der Waals surface area contributed by atoms with E-state index in [-0.39, 0.29) is 19.5 Å². The van der Waals surface area contributed by atoms with Gasteiger partial charge in [0.1, 0.15) is 0 Å². The van der Waals surface area contributed by atoms with Crippen molar-refractivity contribution in [2.24, 2.45) is 0 Å². The van der Waals surface area contributed by atoms with Crippen molar-refractivity contribution in [3.63, 3.8) is 0 Å². The van der Waals surface area contributed by atoms with E-state index >= 15 is 0 Å². The summed E-state index contributed by atoms with van der Waals surface area (Å²) in [5.41, 5.74) is 0. The molecule has 0 aromatic heterocycles. The number of nitrogens with zero attached hydrogens (tertiary/aromatic N) is 2. The zero-order chi connectivity index (χ0) is 38.5. The number of unbranched alkanes of at least 4 members (excludes halogenated alkanes) is 8. The monoisotopic (exact) mass is 968 g/mol. The Bertz CT molecular complexity index is 773. The maximum atomic E-state index is 5.10. The molecule has 0 atom stereocenters. The van der Waals surface area contributed by atoms with Crippen molar-refractivity contribution in [1.29, 1.82) is 0 Å². The summed E-state index contributed by atoms with van der Waals surface area (Å²) < 4.78 is 9.20. The molecule has 0 amide bonds. The van der Waals surface area contributed by atoms with Gasteiger partial charge in [-0.25, -0.2) is 10.2 Å². The SMILES string of the molecule is CCCC[N+](CCCC)(CCCC)CCCC.CCCC[N+](CCCC)(CCCC)CCCC.[S-]C1SC2=C(S[CH-]S2)S1.[S-]C1SC2=C(S[CH-]S2)S1.[Zn+2]. The van der Waals surface area contributed by atoms with E-state index in [0.29, 0.717) is 7.83 Å². The van der Waals surface area contributed by atoms with Crippen molar-refractivity contribution in [1.82, 2.24) is 0 Å². The summed E-state index contributed by atoms with van der Waals surface area (Å²) in [6.45, 7) is 30.0. The van der Waals surface area contributed by atoms with Gasteiger partial charge in [-0.15, -0.1) is 47.0 Å². The van der Waals surface area contributed by atoms with Crippen LogP contribution in [0.5, 0.6) is 0 Å². The summed E-state index contributed by atoms with van der Waals surface area (Å²) >= 11 is 24.7. The molecule has 53 heavy (non-hydrogen) atoms. The smallest absolute Gasteiger partial charge is 0.767 e. The molecular formula is C40H76N2S10Zn. The summed E-state index contributed by atoms with van der Waals surface area (Å²) in [5, 5.41) is 4.32. The molecule has 4 rings (SSSR count). The van der Waals surface area contributed by atoms with Crippen LogP contribution < -0.4 is 0 Å². The molecule has 4 aliphatic heterocycles. The molecule has 0 saturated carbocycles. The fourth-order valence-electron chi connectivity index (χ4n) is 6.41. The number of rotatable bonds is 24. The third kappa shape index (κ3) is 25.2. The molecule has 0 saturated heterocycles. The van der Waals surface area contributed by atoms with Gasteiger partial charge < -0.3 is 34.2 Å². The molecule has 0 unspecified atom stereocenters. The molecule has 0 fully saturated rings. The molecule has 0 bridgehead atoms. The second kappa shape index (κ2) is 36.2. The minimum Gasteiger partial charge on any atom is -0.767 e. The molecule has 0 spiro atoms. The normalized spacial score (nSPS) is 17.1. The quantitative estimate of drug-likeness (QED) is 0.0395. The average molecular weight is 971 g/mol. The Balaban J connectivity index is 0.000000699. The third-order valence-electron chi connectivity index (χ3n) is 9.66. The van der Waals surface area contributed by atoms with Crippen LogP contribution in [-0.2, 0) is 44.7 Å². The van der Waals surface area contributed by atoms with Gasteiger partial charge in [0.15, 0.2) is 0 Å². The van der Waals surface area contributed by atoms with E-state index < -0.39 is 0 Å². The Kier molecular flexibility index (Phi) is 38.6. The zero-order valence-corrected chi connectivity index (χ0v) is 46.1. The number of hydrogen-bond donors (Lipinski definition) is 0.